The van der Waals surface area contributed by atoms with Crippen molar-refractivity contribution in [3.8, 4) is 22.4 Å². The Kier molecular flexibility index (Phi) is 12.1. The summed E-state index contributed by atoms with van der Waals surface area (Å²) in [6.07, 6.45) is 10.3. The van der Waals surface area contributed by atoms with Gasteiger partial charge in [0.05, 0.1) is 0 Å². The van der Waals surface area contributed by atoms with Crippen molar-refractivity contribution in [3.05, 3.63) is 81.3 Å². The molecule has 3 heteroatoms. The van der Waals surface area contributed by atoms with Crippen LogP contribution in [-0.2, 0) is 0 Å². The number of unbranched alkanes of at least 4 members (excludes halogenated alkanes) is 3. The van der Waals surface area contributed by atoms with Crippen molar-refractivity contribution in [3.63, 3.8) is 0 Å². The Bertz CT molecular complexity index is 1160. The number of rotatable bonds is 14. The summed E-state index contributed by atoms with van der Waals surface area (Å²) in [5.74, 6) is 0.100. The van der Waals surface area contributed by atoms with Gasteiger partial charge < -0.3 is 0 Å². The molecule has 38 heavy (non-hydrogen) atoms. The van der Waals surface area contributed by atoms with Crippen LogP contribution in [0, 0.1) is 12.7 Å². The normalized spacial score (nSPS) is 12.1. The molecule has 2 aromatic carbocycles. The maximum atomic E-state index is 14.2. The number of nitrogens with zero attached hydrogens (tertiary/aromatic N) is 1. The molecule has 0 radical (unpaired) electrons. The molecule has 3 rings (SSSR count). The molecule has 0 N–H and O–H groups in total. The van der Waals surface area contributed by atoms with E-state index in [0.717, 1.165) is 28.1 Å². The Labute approximate surface area is 235 Å². The Morgan fingerprint density at radius 2 is 1.42 bits per heavy atom. The average molecular weight is 620 g/mol. The fourth-order valence-corrected chi connectivity index (χ4v) is 19.7. The molecular weight excluding hydrogens is 572 g/mol. The van der Waals surface area contributed by atoms with Crippen LogP contribution in [0.3, 0.4) is 0 Å². The monoisotopic (exact) mass is 621 g/mol. The SMILES string of the molecule is CCC[CH2][Sn](/[CH]=C/c1c(-c2ccc(F)cc2C)cc(-c2ccccc2)nc1C(C)C)([CH2]CCC)[CH2]CCC. The number of hydrogen-bond acceptors (Lipinski definition) is 1. The van der Waals surface area contributed by atoms with Crippen molar-refractivity contribution < 1.29 is 4.39 Å². The van der Waals surface area contributed by atoms with Gasteiger partial charge in [0.2, 0.25) is 0 Å². The molecule has 0 amide bonds. The summed E-state index contributed by atoms with van der Waals surface area (Å²) < 4.78 is 21.2. The Morgan fingerprint density at radius 1 is 0.816 bits per heavy atom. The average Bonchev–Trinajstić information content (AvgIpc) is 2.92. The van der Waals surface area contributed by atoms with Gasteiger partial charge in [-0.2, -0.15) is 0 Å². The topological polar surface area (TPSA) is 12.9 Å². The van der Waals surface area contributed by atoms with Gasteiger partial charge in [0.25, 0.3) is 0 Å². The van der Waals surface area contributed by atoms with Gasteiger partial charge in [-0.15, -0.1) is 0 Å². The van der Waals surface area contributed by atoms with Gasteiger partial charge in [-0.25, -0.2) is 0 Å². The molecule has 0 bridgehead atoms. The van der Waals surface area contributed by atoms with Gasteiger partial charge in [-0.1, -0.05) is 0 Å². The molecule has 0 aliphatic carbocycles. The first-order chi connectivity index (χ1) is 18.3. The third-order valence-corrected chi connectivity index (χ3v) is 21.9. The number of halogens is 1. The molecule has 0 fully saturated rings. The molecule has 0 atom stereocenters. The van der Waals surface area contributed by atoms with Crippen molar-refractivity contribution in [2.75, 3.05) is 0 Å². The van der Waals surface area contributed by atoms with E-state index in [-0.39, 0.29) is 11.7 Å². The summed E-state index contributed by atoms with van der Waals surface area (Å²) in [4.78, 5) is 5.26. The molecule has 0 aliphatic rings. The number of hydrogen-bond donors (Lipinski definition) is 0. The third kappa shape index (κ3) is 8.04. The second kappa shape index (κ2) is 15.0. The predicted octanol–water partition coefficient (Wildman–Crippen LogP) is 11.4. The first-order valence-electron chi connectivity index (χ1n) is 14.9. The number of aryl methyl sites for hydroxylation is 1. The maximum absolute atomic E-state index is 14.2. The minimum atomic E-state index is -2.51. The Hall–Kier alpha value is -1.94. The van der Waals surface area contributed by atoms with Gasteiger partial charge in [0.1, 0.15) is 0 Å². The van der Waals surface area contributed by atoms with Crippen molar-refractivity contribution in [1.82, 2.24) is 4.98 Å². The molecule has 0 unspecified atom stereocenters. The van der Waals surface area contributed by atoms with Gasteiger partial charge in [0.15, 0.2) is 0 Å². The molecule has 1 aromatic heterocycles. The summed E-state index contributed by atoms with van der Waals surface area (Å²) in [6.45, 7) is 13.5. The number of aromatic nitrogens is 1. The van der Waals surface area contributed by atoms with E-state index in [2.05, 4.69) is 75.1 Å². The van der Waals surface area contributed by atoms with Crippen LogP contribution < -0.4 is 0 Å². The van der Waals surface area contributed by atoms with Crippen molar-refractivity contribution in [2.24, 2.45) is 0 Å². The van der Waals surface area contributed by atoms with Crippen LogP contribution in [0.5, 0.6) is 0 Å². The van der Waals surface area contributed by atoms with Crippen LogP contribution in [0.2, 0.25) is 13.3 Å². The summed E-state index contributed by atoms with van der Waals surface area (Å²) in [5, 5.41) is 0. The number of pyridine rings is 1. The molecule has 1 nitrogen and oxygen atoms in total. The van der Waals surface area contributed by atoms with Gasteiger partial charge in [-0.05, 0) is 0 Å². The first kappa shape index (κ1) is 30.6. The van der Waals surface area contributed by atoms with Crippen molar-refractivity contribution in [1.29, 1.82) is 0 Å². The molecule has 204 valence electrons. The second-order valence-corrected chi connectivity index (χ2v) is 24.3. The summed E-state index contributed by atoms with van der Waals surface area (Å²) in [5.41, 5.74) is 7.73. The van der Waals surface area contributed by atoms with Crippen molar-refractivity contribution in [2.45, 2.75) is 99.3 Å². The zero-order valence-electron chi connectivity index (χ0n) is 24.6. The van der Waals surface area contributed by atoms with Crippen LogP contribution in [0.4, 0.5) is 4.39 Å². The summed E-state index contributed by atoms with van der Waals surface area (Å²) >= 11 is -2.51. The predicted molar refractivity (Wildman–Crippen MR) is 168 cm³/mol. The first-order valence-corrected chi connectivity index (χ1v) is 22.6. The summed E-state index contributed by atoms with van der Waals surface area (Å²) in [7, 11) is 0. The summed E-state index contributed by atoms with van der Waals surface area (Å²) in [6, 6.07) is 17.9. The zero-order chi connectivity index (χ0) is 27.5. The van der Waals surface area contributed by atoms with Crippen LogP contribution in [0.1, 0.15) is 95.9 Å². The Balaban J connectivity index is 2.26. The minimum absolute atomic E-state index is 0.182. The van der Waals surface area contributed by atoms with Crippen molar-refractivity contribution >= 4 is 24.5 Å². The molecule has 0 saturated heterocycles. The van der Waals surface area contributed by atoms with E-state index in [4.69, 9.17) is 4.98 Å². The molecule has 0 saturated carbocycles. The van der Waals surface area contributed by atoms with Gasteiger partial charge in [-0.3, -0.25) is 0 Å². The second-order valence-electron chi connectivity index (χ2n) is 11.3. The van der Waals surface area contributed by atoms with E-state index in [1.807, 2.05) is 19.1 Å². The van der Waals surface area contributed by atoms with E-state index >= 15 is 0 Å². The zero-order valence-corrected chi connectivity index (χ0v) is 27.5. The molecule has 0 spiro atoms. The van der Waals surface area contributed by atoms with Crippen LogP contribution in [-0.4, -0.2) is 23.4 Å². The molecule has 3 aromatic rings. The molecule has 0 aliphatic heterocycles. The van der Waals surface area contributed by atoms with E-state index in [0.29, 0.717) is 0 Å². The molecule has 1 heterocycles. The Morgan fingerprint density at radius 3 is 1.95 bits per heavy atom. The van der Waals surface area contributed by atoms with E-state index < -0.39 is 18.4 Å². The van der Waals surface area contributed by atoms with Crippen LogP contribution in [0.15, 0.2) is 58.7 Å². The third-order valence-electron chi connectivity index (χ3n) is 7.87. The van der Waals surface area contributed by atoms with Gasteiger partial charge >= 0.3 is 237 Å². The quantitative estimate of drug-likeness (QED) is 0.164. The fourth-order valence-electron chi connectivity index (χ4n) is 5.57. The standard InChI is InChI=1S/C23H21FN.3C4H9.Sn/c1-5-19-21(20-12-11-18(24)13-16(20)4)14-22(25-23(19)15(2)3)17-9-7-6-8-10-17;3*1-3-4-2;/h1,5-15H,2-4H3;3*1,3-4H2,2H3;. The van der Waals surface area contributed by atoms with E-state index in [9.17, 15) is 4.39 Å². The fraction of sp³-hybridized carbons (Fsp3) is 0.457. The van der Waals surface area contributed by atoms with Gasteiger partial charge in [0, 0.05) is 0 Å². The van der Waals surface area contributed by atoms with Crippen LogP contribution in [0.25, 0.3) is 28.5 Å². The molecular formula is C35H48FNSn. The van der Waals surface area contributed by atoms with E-state index in [1.54, 1.807) is 12.1 Å². The number of benzene rings is 2. The van der Waals surface area contributed by atoms with E-state index in [1.165, 1.54) is 63.0 Å². The van der Waals surface area contributed by atoms with Crippen LogP contribution >= 0.6 is 0 Å².